The van der Waals surface area contributed by atoms with Crippen LogP contribution in [0, 0.1) is 0 Å². The summed E-state index contributed by atoms with van der Waals surface area (Å²) in [5.41, 5.74) is 2.13. The molecule has 0 radical (unpaired) electrons. The summed E-state index contributed by atoms with van der Waals surface area (Å²) in [6.45, 7) is 3.73. The maximum Gasteiger partial charge on any atom is 0.338 e. The second kappa shape index (κ2) is 9.76. The van der Waals surface area contributed by atoms with E-state index in [-0.39, 0.29) is 12.2 Å². The number of aromatic nitrogens is 1. The summed E-state index contributed by atoms with van der Waals surface area (Å²) in [7, 11) is 1.58. The van der Waals surface area contributed by atoms with Crippen LogP contribution in [0.25, 0.3) is 16.8 Å². The molecule has 6 nitrogen and oxygen atoms in total. The lowest BCUT2D eigenvalue weighted by molar-refractivity contribution is -0.139. The molecule has 0 saturated heterocycles. The minimum Gasteiger partial charge on any atom is -0.496 e. The fourth-order valence-corrected chi connectivity index (χ4v) is 5.68. The lowest BCUT2D eigenvalue weighted by Crippen LogP contribution is -2.40. The van der Waals surface area contributed by atoms with E-state index >= 15 is 0 Å². The molecule has 1 atom stereocenters. The Morgan fingerprint density at radius 2 is 1.89 bits per heavy atom. The number of halogens is 1. The Hall–Kier alpha value is -3.68. The number of fused-ring (bicyclic) bond motifs is 2. The highest BCUT2D eigenvalue weighted by Crippen LogP contribution is 2.40. The number of hydrogen-bond donors (Lipinski definition) is 0. The van der Waals surface area contributed by atoms with E-state index in [0.717, 1.165) is 16.3 Å². The zero-order chi connectivity index (χ0) is 25.4. The third kappa shape index (κ3) is 4.14. The van der Waals surface area contributed by atoms with Crippen LogP contribution in [0.1, 0.15) is 31.0 Å². The Morgan fingerprint density at radius 3 is 2.61 bits per heavy atom. The van der Waals surface area contributed by atoms with Gasteiger partial charge in [-0.25, -0.2) is 9.79 Å². The first-order valence-corrected chi connectivity index (χ1v) is 12.6. The number of allylic oxidation sites excluding steroid dienone is 1. The molecule has 1 aromatic heterocycles. The number of methoxy groups -OCH3 is 1. The number of rotatable bonds is 5. The predicted molar refractivity (Wildman–Crippen MR) is 142 cm³/mol. The van der Waals surface area contributed by atoms with Crippen LogP contribution < -0.4 is 19.6 Å². The summed E-state index contributed by atoms with van der Waals surface area (Å²) in [5.74, 6) is 0.0631. The molecule has 1 aliphatic heterocycles. The van der Waals surface area contributed by atoms with Crippen molar-refractivity contribution in [2.45, 2.75) is 19.9 Å². The number of esters is 1. The second-order valence-electron chi connectivity index (χ2n) is 8.26. The molecule has 0 unspecified atom stereocenters. The normalized spacial score (nSPS) is 15.6. The maximum absolute atomic E-state index is 13.9. The maximum atomic E-state index is 13.9. The zero-order valence-corrected chi connectivity index (χ0v) is 21.5. The summed E-state index contributed by atoms with van der Waals surface area (Å²) in [6.07, 6.45) is 1.81. The summed E-state index contributed by atoms with van der Waals surface area (Å²) >= 11 is 7.30. The van der Waals surface area contributed by atoms with Crippen molar-refractivity contribution in [3.05, 3.63) is 108 Å². The molecule has 8 heteroatoms. The van der Waals surface area contributed by atoms with Gasteiger partial charge in [0.05, 0.1) is 29.5 Å². The van der Waals surface area contributed by atoms with Crippen LogP contribution in [0.3, 0.4) is 0 Å². The van der Waals surface area contributed by atoms with Crippen molar-refractivity contribution < 1.29 is 14.3 Å². The van der Waals surface area contributed by atoms with E-state index < -0.39 is 12.0 Å². The number of thiazole rings is 1. The number of nitrogens with zero attached hydrogens (tertiary/aromatic N) is 2. The van der Waals surface area contributed by atoms with Crippen molar-refractivity contribution in [1.29, 1.82) is 0 Å². The molecular weight excluding hydrogens is 496 g/mol. The average molecular weight is 519 g/mol. The second-order valence-corrected chi connectivity index (χ2v) is 9.70. The average Bonchev–Trinajstić information content (AvgIpc) is 3.18. The smallest absolute Gasteiger partial charge is 0.338 e. The molecule has 0 saturated carbocycles. The summed E-state index contributed by atoms with van der Waals surface area (Å²) < 4.78 is 13.3. The zero-order valence-electron chi connectivity index (χ0n) is 19.9. The molecular formula is C28H23ClN2O4S. The summed E-state index contributed by atoms with van der Waals surface area (Å²) in [4.78, 5) is 32.3. The molecule has 0 bridgehead atoms. The summed E-state index contributed by atoms with van der Waals surface area (Å²) in [6, 6.07) is 18.1. The number of hydrogen-bond acceptors (Lipinski definition) is 6. The van der Waals surface area contributed by atoms with Crippen LogP contribution >= 0.6 is 22.9 Å². The first kappa shape index (κ1) is 24.0. The van der Waals surface area contributed by atoms with Crippen LogP contribution in [-0.2, 0) is 9.53 Å². The Balaban J connectivity index is 1.84. The standard InChI is InChI=1S/C28H23ClN2O4S/c1-4-35-27(33)23-16(2)30-28-31(26(32)22(36-28)15-17-9-12-19(29)13-10-17)25(23)24-20-8-6-5-7-18(20)11-14-21(24)34-3/h5-15,25H,4H2,1-3H3/b22-15+/t25-/m1/s1. The van der Waals surface area contributed by atoms with Crippen LogP contribution in [0.4, 0.5) is 0 Å². The van der Waals surface area contributed by atoms with Crippen LogP contribution in [0.5, 0.6) is 5.75 Å². The first-order chi connectivity index (χ1) is 17.4. The van der Waals surface area contributed by atoms with E-state index in [1.807, 2.05) is 48.5 Å². The Morgan fingerprint density at radius 1 is 1.14 bits per heavy atom. The lowest BCUT2D eigenvalue weighted by atomic mass is 9.90. The third-order valence-electron chi connectivity index (χ3n) is 6.11. The SMILES string of the molecule is CCOC(=O)C1=C(C)N=c2s/c(=C/c3ccc(Cl)cc3)c(=O)n2[C@H]1c1c(OC)ccc2ccccc12. The van der Waals surface area contributed by atoms with Gasteiger partial charge in [-0.1, -0.05) is 65.4 Å². The molecule has 3 aromatic carbocycles. The van der Waals surface area contributed by atoms with Crippen LogP contribution in [0.2, 0.25) is 5.02 Å². The van der Waals surface area contributed by atoms with Crippen molar-refractivity contribution >= 4 is 45.8 Å². The fraction of sp³-hybridized carbons (Fsp3) is 0.179. The Kier molecular flexibility index (Phi) is 6.51. The molecule has 0 spiro atoms. The molecule has 5 rings (SSSR count). The Labute approximate surface area is 216 Å². The quantitative estimate of drug-likeness (QED) is 0.362. The highest BCUT2D eigenvalue weighted by molar-refractivity contribution is 7.07. The molecule has 0 N–H and O–H groups in total. The van der Waals surface area contributed by atoms with Gasteiger partial charge < -0.3 is 9.47 Å². The fourth-order valence-electron chi connectivity index (χ4n) is 4.51. The molecule has 0 aliphatic carbocycles. The minimum atomic E-state index is -0.770. The van der Waals surface area contributed by atoms with Gasteiger partial charge in [0.15, 0.2) is 4.80 Å². The van der Waals surface area contributed by atoms with E-state index in [2.05, 4.69) is 4.99 Å². The third-order valence-corrected chi connectivity index (χ3v) is 7.34. The first-order valence-electron chi connectivity index (χ1n) is 11.4. The number of carbonyl (C=O) groups excluding carboxylic acids is 1. The molecule has 182 valence electrons. The van der Waals surface area contributed by atoms with Gasteiger partial charge in [0.25, 0.3) is 5.56 Å². The Bertz CT molecular complexity index is 1700. The summed E-state index contributed by atoms with van der Waals surface area (Å²) in [5, 5.41) is 2.46. The van der Waals surface area contributed by atoms with Gasteiger partial charge in [-0.05, 0) is 54.5 Å². The van der Waals surface area contributed by atoms with Crippen LogP contribution in [-0.4, -0.2) is 24.3 Å². The van der Waals surface area contributed by atoms with E-state index in [0.29, 0.717) is 36.9 Å². The van der Waals surface area contributed by atoms with Crippen molar-refractivity contribution in [3.63, 3.8) is 0 Å². The molecule has 4 aromatic rings. The molecule has 0 fully saturated rings. The number of ether oxygens (including phenoxy) is 2. The molecule has 0 amide bonds. The highest BCUT2D eigenvalue weighted by Gasteiger charge is 2.36. The number of carbonyl (C=O) groups is 1. The van der Waals surface area contributed by atoms with E-state index in [9.17, 15) is 9.59 Å². The van der Waals surface area contributed by atoms with E-state index in [1.165, 1.54) is 11.3 Å². The van der Waals surface area contributed by atoms with Gasteiger partial charge in [0.2, 0.25) is 0 Å². The monoisotopic (exact) mass is 518 g/mol. The number of benzene rings is 3. The molecule has 36 heavy (non-hydrogen) atoms. The predicted octanol–water partition coefficient (Wildman–Crippen LogP) is 4.61. The molecule has 2 heterocycles. The largest absolute Gasteiger partial charge is 0.496 e. The van der Waals surface area contributed by atoms with E-state index in [1.54, 1.807) is 43.7 Å². The van der Waals surface area contributed by atoms with Gasteiger partial charge in [-0.3, -0.25) is 9.36 Å². The van der Waals surface area contributed by atoms with Gasteiger partial charge in [0, 0.05) is 10.6 Å². The van der Waals surface area contributed by atoms with Gasteiger partial charge >= 0.3 is 5.97 Å². The molecule has 1 aliphatic rings. The van der Waals surface area contributed by atoms with Crippen molar-refractivity contribution in [2.75, 3.05) is 13.7 Å². The minimum absolute atomic E-state index is 0.204. The lowest BCUT2D eigenvalue weighted by Gasteiger charge is -2.27. The van der Waals surface area contributed by atoms with Gasteiger partial charge in [-0.15, -0.1) is 0 Å². The van der Waals surface area contributed by atoms with Gasteiger partial charge in [-0.2, -0.15) is 0 Å². The topological polar surface area (TPSA) is 69.9 Å². The van der Waals surface area contributed by atoms with Crippen molar-refractivity contribution in [1.82, 2.24) is 4.57 Å². The van der Waals surface area contributed by atoms with Crippen LogP contribution in [0.15, 0.2) is 81.7 Å². The highest BCUT2D eigenvalue weighted by atomic mass is 35.5. The van der Waals surface area contributed by atoms with Gasteiger partial charge in [0.1, 0.15) is 11.8 Å². The van der Waals surface area contributed by atoms with Crippen molar-refractivity contribution in [3.8, 4) is 5.75 Å². The van der Waals surface area contributed by atoms with Crippen molar-refractivity contribution in [2.24, 2.45) is 4.99 Å². The van der Waals surface area contributed by atoms with E-state index in [4.69, 9.17) is 21.1 Å².